The van der Waals surface area contributed by atoms with Gasteiger partial charge in [0.1, 0.15) is 11.4 Å². The molecule has 0 spiro atoms. The summed E-state index contributed by atoms with van der Waals surface area (Å²) in [6.45, 7) is 2.63. The Hall–Kier alpha value is -1.19. The van der Waals surface area contributed by atoms with Crippen LogP contribution in [0.4, 0.5) is 10.1 Å². The Morgan fingerprint density at radius 1 is 1.48 bits per heavy atom. The molecule has 21 heavy (non-hydrogen) atoms. The van der Waals surface area contributed by atoms with Gasteiger partial charge in [-0.1, -0.05) is 0 Å². The Balaban J connectivity index is 3.40. The minimum Gasteiger partial charge on any atom is -0.468 e. The van der Waals surface area contributed by atoms with Gasteiger partial charge in [0, 0.05) is 11.7 Å². The lowest BCUT2D eigenvalue weighted by molar-refractivity contribution is -0.141. The Kier molecular flexibility index (Phi) is 5.71. The van der Waals surface area contributed by atoms with E-state index in [0.717, 1.165) is 17.5 Å². The lowest BCUT2D eigenvalue weighted by atomic mass is 10.3. The quantitative estimate of drug-likeness (QED) is 0.618. The van der Waals surface area contributed by atoms with Crippen molar-refractivity contribution < 1.29 is 22.3 Å². The molecule has 2 N–H and O–H groups in total. The van der Waals surface area contributed by atoms with Crippen molar-refractivity contribution in [3.05, 3.63) is 22.4 Å². The van der Waals surface area contributed by atoms with Crippen LogP contribution in [0.25, 0.3) is 0 Å². The van der Waals surface area contributed by atoms with Crippen LogP contribution in [-0.4, -0.2) is 38.4 Å². The molecule has 0 aliphatic carbocycles. The Labute approximate surface area is 131 Å². The fraction of sp³-hybridized carbons (Fsp3) is 0.417. The summed E-state index contributed by atoms with van der Waals surface area (Å²) in [6.07, 6.45) is 0. The molecular weight excluding hydrogens is 367 g/mol. The number of carbonyl (C=O) groups is 1. The molecule has 0 fully saturated rings. The first kappa shape index (κ1) is 17.9. The Morgan fingerprint density at radius 2 is 2.05 bits per heavy atom. The monoisotopic (exact) mass is 382 g/mol. The normalized spacial score (nSPS) is 12.0. The highest BCUT2D eigenvalue weighted by molar-refractivity contribution is 9.10. The molecule has 0 amide bonds. The van der Waals surface area contributed by atoms with E-state index in [1.54, 1.807) is 13.8 Å². The van der Waals surface area contributed by atoms with Gasteiger partial charge in [-0.2, -0.15) is 4.31 Å². The van der Waals surface area contributed by atoms with Crippen LogP contribution < -0.4 is 5.73 Å². The highest BCUT2D eigenvalue weighted by Gasteiger charge is 2.32. The first-order valence-electron chi connectivity index (χ1n) is 5.94. The third-order valence-corrected chi connectivity index (χ3v) is 5.29. The van der Waals surface area contributed by atoms with Crippen LogP contribution >= 0.6 is 15.9 Å². The first-order chi connectivity index (χ1) is 9.61. The number of halogens is 2. The minimum absolute atomic E-state index is 0.0668. The van der Waals surface area contributed by atoms with E-state index < -0.39 is 39.3 Å². The van der Waals surface area contributed by atoms with Crippen molar-refractivity contribution >= 4 is 37.6 Å². The fourth-order valence-corrected chi connectivity index (χ4v) is 3.95. The van der Waals surface area contributed by atoms with Crippen LogP contribution in [-0.2, 0) is 19.6 Å². The van der Waals surface area contributed by atoms with Crippen LogP contribution in [0.5, 0.6) is 0 Å². The average Bonchev–Trinajstić information content (AvgIpc) is 2.38. The van der Waals surface area contributed by atoms with E-state index in [9.17, 15) is 17.6 Å². The number of hydrogen-bond acceptors (Lipinski definition) is 5. The predicted molar refractivity (Wildman–Crippen MR) is 79.6 cm³/mol. The summed E-state index contributed by atoms with van der Waals surface area (Å²) < 4.78 is 44.5. The number of hydrogen-bond donors (Lipinski definition) is 1. The second-order valence-corrected chi connectivity index (χ2v) is 7.25. The van der Waals surface area contributed by atoms with Crippen molar-refractivity contribution in [2.24, 2.45) is 0 Å². The summed E-state index contributed by atoms with van der Waals surface area (Å²) in [5, 5.41) is 0. The highest BCUT2D eigenvalue weighted by atomic mass is 79.9. The summed E-state index contributed by atoms with van der Waals surface area (Å²) in [5.74, 6) is -1.70. The van der Waals surface area contributed by atoms with Crippen molar-refractivity contribution in [2.45, 2.75) is 24.8 Å². The van der Waals surface area contributed by atoms with E-state index in [2.05, 4.69) is 20.7 Å². The van der Waals surface area contributed by atoms with Gasteiger partial charge in [-0.15, -0.1) is 0 Å². The molecule has 0 bridgehead atoms. The zero-order chi connectivity index (χ0) is 16.4. The maximum absolute atomic E-state index is 14.1. The van der Waals surface area contributed by atoms with E-state index in [1.165, 1.54) is 6.07 Å². The molecule has 0 aromatic heterocycles. The topological polar surface area (TPSA) is 89.7 Å². The van der Waals surface area contributed by atoms with Crippen LogP contribution in [0.15, 0.2) is 21.5 Å². The zero-order valence-electron chi connectivity index (χ0n) is 11.8. The van der Waals surface area contributed by atoms with E-state index in [4.69, 9.17) is 5.73 Å². The molecule has 0 aliphatic heterocycles. The largest absolute Gasteiger partial charge is 0.468 e. The lowest BCUT2D eigenvalue weighted by Gasteiger charge is -2.25. The molecule has 0 unspecified atom stereocenters. The summed E-state index contributed by atoms with van der Waals surface area (Å²) in [5.41, 5.74) is 5.64. The summed E-state index contributed by atoms with van der Waals surface area (Å²) in [4.78, 5) is 10.8. The number of nitrogens with zero attached hydrogens (tertiary/aromatic N) is 1. The number of benzene rings is 1. The molecule has 1 aromatic rings. The fourth-order valence-electron chi connectivity index (χ4n) is 1.63. The number of nitrogens with two attached hydrogens (primary N) is 1. The average molecular weight is 383 g/mol. The van der Waals surface area contributed by atoms with Gasteiger partial charge in [0.2, 0.25) is 10.0 Å². The van der Waals surface area contributed by atoms with Gasteiger partial charge >= 0.3 is 5.97 Å². The molecule has 0 saturated heterocycles. The number of esters is 1. The third kappa shape index (κ3) is 3.92. The number of nitrogen functional groups attached to an aromatic ring is 1. The smallest absolute Gasteiger partial charge is 0.321 e. The molecule has 6 nitrogen and oxygen atoms in total. The lowest BCUT2D eigenvalue weighted by Crippen LogP contribution is -2.41. The number of rotatable bonds is 5. The van der Waals surface area contributed by atoms with Crippen molar-refractivity contribution in [3.8, 4) is 0 Å². The number of carbonyl (C=O) groups excluding carboxylic acids is 1. The maximum atomic E-state index is 14.1. The zero-order valence-corrected chi connectivity index (χ0v) is 14.2. The van der Waals surface area contributed by atoms with Gasteiger partial charge < -0.3 is 10.5 Å². The van der Waals surface area contributed by atoms with Gasteiger partial charge in [0.05, 0.1) is 11.6 Å². The van der Waals surface area contributed by atoms with E-state index in [0.29, 0.717) is 0 Å². The molecule has 1 aromatic carbocycles. The molecule has 118 valence electrons. The van der Waals surface area contributed by atoms with Crippen LogP contribution in [0.1, 0.15) is 13.8 Å². The van der Waals surface area contributed by atoms with Crippen molar-refractivity contribution in [3.63, 3.8) is 0 Å². The molecular formula is C12H16BrFN2O4S. The Morgan fingerprint density at radius 3 is 2.52 bits per heavy atom. The molecule has 1 rings (SSSR count). The summed E-state index contributed by atoms with van der Waals surface area (Å²) in [7, 11) is -3.09. The second-order valence-electron chi connectivity index (χ2n) is 4.53. The van der Waals surface area contributed by atoms with E-state index in [1.807, 2.05) is 0 Å². The van der Waals surface area contributed by atoms with Crippen molar-refractivity contribution in [1.29, 1.82) is 0 Å². The van der Waals surface area contributed by atoms with Gasteiger partial charge in [-0.25, -0.2) is 12.8 Å². The number of methoxy groups -OCH3 is 1. The van der Waals surface area contributed by atoms with Gasteiger partial charge in [0.15, 0.2) is 5.82 Å². The molecule has 9 heteroatoms. The highest BCUT2D eigenvalue weighted by Crippen LogP contribution is 2.29. The van der Waals surface area contributed by atoms with Crippen LogP contribution in [0.3, 0.4) is 0 Å². The van der Waals surface area contributed by atoms with Crippen LogP contribution in [0.2, 0.25) is 0 Å². The van der Waals surface area contributed by atoms with Gasteiger partial charge in [-0.3, -0.25) is 4.79 Å². The number of ether oxygens (including phenoxy) is 1. The van der Waals surface area contributed by atoms with Crippen molar-refractivity contribution in [2.75, 3.05) is 19.4 Å². The van der Waals surface area contributed by atoms with Crippen molar-refractivity contribution in [1.82, 2.24) is 4.31 Å². The maximum Gasteiger partial charge on any atom is 0.321 e. The summed E-state index contributed by atoms with van der Waals surface area (Å²) >= 11 is 2.91. The standard InChI is InChI=1S/C12H16BrFN2O4S/c1-7(2)16(6-11(17)20-3)21(18,19)10-5-8(15)4-9(13)12(10)14/h4-5,7H,6,15H2,1-3H3. The van der Waals surface area contributed by atoms with Gasteiger partial charge in [-0.05, 0) is 41.9 Å². The molecule has 0 heterocycles. The van der Waals surface area contributed by atoms with E-state index >= 15 is 0 Å². The summed E-state index contributed by atoms with van der Waals surface area (Å²) in [6, 6.07) is 1.71. The predicted octanol–water partition coefficient (Wildman–Crippen LogP) is 1.74. The SMILES string of the molecule is COC(=O)CN(C(C)C)S(=O)(=O)c1cc(N)cc(Br)c1F. The Bertz CT molecular complexity index is 649. The first-order valence-corrected chi connectivity index (χ1v) is 8.17. The van der Waals surface area contributed by atoms with Gasteiger partial charge in [0.25, 0.3) is 0 Å². The number of anilines is 1. The minimum atomic E-state index is -4.23. The number of sulfonamides is 1. The second kappa shape index (κ2) is 6.71. The molecule has 0 radical (unpaired) electrons. The molecule has 0 saturated carbocycles. The van der Waals surface area contributed by atoms with Crippen LogP contribution in [0, 0.1) is 5.82 Å². The molecule has 0 aliphatic rings. The van der Waals surface area contributed by atoms with E-state index in [-0.39, 0.29) is 10.2 Å². The third-order valence-electron chi connectivity index (χ3n) is 2.69. The molecule has 0 atom stereocenters.